The van der Waals surface area contributed by atoms with Gasteiger partial charge in [-0.3, -0.25) is 19.7 Å². The van der Waals surface area contributed by atoms with Crippen LogP contribution in [0.5, 0.6) is 0 Å². The molecule has 0 spiro atoms. The van der Waals surface area contributed by atoms with Crippen LogP contribution in [0.1, 0.15) is 159 Å². The molecular weight excluding hydrogens is 1100 g/mol. The lowest BCUT2D eigenvalue weighted by Gasteiger charge is -2.28. The summed E-state index contributed by atoms with van der Waals surface area (Å²) >= 11 is 0. The predicted molar refractivity (Wildman–Crippen MR) is 340 cm³/mol. The number of imidazole rings is 3. The summed E-state index contributed by atoms with van der Waals surface area (Å²) in [6.07, 6.45) is 18.5. The Balaban J connectivity index is 0.000000169. The van der Waals surface area contributed by atoms with E-state index in [1.807, 2.05) is 67.1 Å². The number of rotatable bonds is 20. The third-order valence-corrected chi connectivity index (χ3v) is 16.2. The van der Waals surface area contributed by atoms with Gasteiger partial charge in [-0.25, -0.2) is 28.1 Å². The van der Waals surface area contributed by atoms with Crippen molar-refractivity contribution >= 4 is 5.91 Å². The van der Waals surface area contributed by atoms with E-state index >= 15 is 0 Å². The summed E-state index contributed by atoms with van der Waals surface area (Å²) in [7, 11) is 0. The van der Waals surface area contributed by atoms with Gasteiger partial charge in [-0.2, -0.15) is 0 Å². The van der Waals surface area contributed by atoms with Crippen molar-refractivity contribution in [2.45, 2.75) is 158 Å². The van der Waals surface area contributed by atoms with Gasteiger partial charge in [-0.1, -0.05) is 148 Å². The number of aliphatic hydroxyl groups is 1. The number of nitrogens with zero attached hydrogens (tertiary/aromatic N) is 6. The predicted octanol–water partition coefficient (Wildman–Crippen LogP) is 15.1. The molecule has 1 amide bonds. The lowest BCUT2D eigenvalue weighted by atomic mass is 9.85. The van der Waals surface area contributed by atoms with Gasteiger partial charge in [0.1, 0.15) is 40.5 Å². The molecule has 6 aromatic heterocycles. The number of hydrogen-bond acceptors (Lipinski definition) is 9. The first-order valence-electron chi connectivity index (χ1n) is 30.3. The van der Waals surface area contributed by atoms with Crippen molar-refractivity contribution in [1.29, 1.82) is 0 Å². The number of aromatic nitrogens is 9. The molecule has 6 N–H and O–H groups in total. The van der Waals surface area contributed by atoms with Gasteiger partial charge in [0.25, 0.3) is 0 Å². The third-order valence-electron chi connectivity index (χ3n) is 16.2. The second-order valence-electron chi connectivity index (χ2n) is 26.3. The normalized spacial score (nSPS) is 15.4. The summed E-state index contributed by atoms with van der Waals surface area (Å²) in [6.45, 7) is 24.3. The van der Waals surface area contributed by atoms with E-state index in [9.17, 15) is 23.1 Å². The lowest BCUT2D eigenvalue weighted by Crippen LogP contribution is -2.40. The summed E-state index contributed by atoms with van der Waals surface area (Å²) in [6, 6.07) is 33.1. The lowest BCUT2D eigenvalue weighted by molar-refractivity contribution is -0.119. The van der Waals surface area contributed by atoms with E-state index < -0.39 is 5.60 Å². The number of hydrogen-bond donors (Lipinski definition) is 6. The zero-order valence-corrected chi connectivity index (χ0v) is 52.4. The quantitative estimate of drug-likeness (QED) is 0.0432. The first-order valence-corrected chi connectivity index (χ1v) is 30.3. The van der Waals surface area contributed by atoms with E-state index in [0.717, 1.165) is 114 Å². The number of aromatic amines is 3. The highest BCUT2D eigenvalue weighted by molar-refractivity contribution is 5.73. The fourth-order valence-corrected chi connectivity index (χ4v) is 10.7. The number of pyridine rings is 3. The molecule has 0 aliphatic carbocycles. The van der Waals surface area contributed by atoms with Crippen molar-refractivity contribution in [3.63, 3.8) is 0 Å². The van der Waals surface area contributed by atoms with Crippen LogP contribution < -0.4 is 10.6 Å². The van der Waals surface area contributed by atoms with Crippen LogP contribution in [-0.2, 0) is 54.5 Å². The zero-order valence-electron chi connectivity index (χ0n) is 52.4. The number of amides is 1. The summed E-state index contributed by atoms with van der Waals surface area (Å²) < 4.78 is 39.2. The van der Waals surface area contributed by atoms with Gasteiger partial charge in [0.15, 0.2) is 0 Å². The van der Waals surface area contributed by atoms with Crippen LogP contribution in [0.3, 0.4) is 0 Å². The Morgan fingerprint density at radius 1 is 0.552 bits per heavy atom. The van der Waals surface area contributed by atoms with Crippen molar-refractivity contribution < 1.29 is 23.1 Å². The molecule has 458 valence electrons. The molecule has 10 rings (SSSR count). The number of benzene rings is 3. The van der Waals surface area contributed by atoms with Crippen LogP contribution in [0, 0.1) is 33.7 Å². The van der Waals surface area contributed by atoms with Crippen LogP contribution in [-0.4, -0.2) is 62.4 Å². The Kier molecular flexibility index (Phi) is 21.0. The van der Waals surface area contributed by atoms with E-state index in [2.05, 4.69) is 137 Å². The standard InChI is InChI=1S/C25H31FN4.C23H27FN4O.C23H28FN3O/c1-4-24(2,3)15-21-17-28-23(30-21)25(12-5-13-29-25)14-18-6-8-19(9-7-18)22-11-10-20(26)16-27-22;1-15(29)27-21(22-26-14-19(28-22)12-23(2,3)4)11-16-5-7-17(8-6-16)20-10-9-18(24)13-25-20;1-5-22(2,3)13-19-15-26-21(27-19)23(4,28)12-16-6-8-17(9-7-16)20-11-10-18(24)14-25-20/h6-11,16-17,29H,4-5,12-15H2,1-3H3,(H,28,30);5-10,13-14,21H,11-12H2,1-4H3,(H,26,28)(H,27,29);6-11,14-15,28H,5,12-13H2,1-4H3,(H,26,27). The highest BCUT2D eigenvalue weighted by Gasteiger charge is 2.38. The van der Waals surface area contributed by atoms with Crippen LogP contribution in [0.25, 0.3) is 33.8 Å². The summed E-state index contributed by atoms with van der Waals surface area (Å²) in [5, 5.41) is 17.7. The maximum absolute atomic E-state index is 13.1. The Bertz CT molecular complexity index is 3600. The monoisotopic (exact) mass is 1180 g/mol. The Labute approximate surface area is 511 Å². The fraction of sp³-hybridized carbons (Fsp3) is 0.394. The van der Waals surface area contributed by atoms with Crippen molar-refractivity contribution in [1.82, 2.24) is 55.5 Å². The number of carbonyl (C=O) groups is 1. The number of carbonyl (C=O) groups excluding carboxylic acids is 1. The molecule has 0 saturated carbocycles. The largest absolute Gasteiger partial charge is 0.382 e. The second kappa shape index (κ2) is 28.2. The zero-order chi connectivity index (χ0) is 62.6. The van der Waals surface area contributed by atoms with E-state index in [0.29, 0.717) is 30.1 Å². The Hall–Kier alpha value is -8.08. The minimum absolute atomic E-state index is 0.101. The van der Waals surface area contributed by atoms with E-state index in [4.69, 9.17) is 4.98 Å². The molecule has 1 aliphatic heterocycles. The van der Waals surface area contributed by atoms with E-state index in [-0.39, 0.29) is 51.2 Å². The summed E-state index contributed by atoms with van der Waals surface area (Å²) in [5.74, 6) is 1.26. The molecule has 87 heavy (non-hydrogen) atoms. The molecule has 1 saturated heterocycles. The molecule has 1 aliphatic rings. The van der Waals surface area contributed by atoms with E-state index in [1.165, 1.54) is 55.0 Å². The number of H-pyrrole nitrogens is 3. The van der Waals surface area contributed by atoms with Crippen molar-refractivity contribution in [2.24, 2.45) is 16.2 Å². The highest BCUT2D eigenvalue weighted by atomic mass is 19.1. The smallest absolute Gasteiger partial charge is 0.217 e. The average molecular weight is 1180 g/mol. The molecule has 9 aromatic rings. The molecule has 0 radical (unpaired) electrons. The minimum atomic E-state index is -1.09. The van der Waals surface area contributed by atoms with Gasteiger partial charge >= 0.3 is 0 Å². The highest BCUT2D eigenvalue weighted by Crippen LogP contribution is 2.35. The SMILES string of the molecule is CC(=O)NC(Cc1ccc(-c2ccc(F)cn2)cc1)c1ncc(CC(C)(C)C)[nH]1.CCC(C)(C)Cc1cnc(C(C)(O)Cc2ccc(-c3ccc(F)cn3)cc2)[nH]1.CCC(C)(C)Cc1cnc(C2(Cc3ccc(-c4ccc(F)cn4)cc3)CCCN2)[nH]1. The number of nitrogens with one attached hydrogen (secondary N) is 5. The average Bonchev–Trinajstić information content (AvgIpc) is 2.17. The minimum Gasteiger partial charge on any atom is -0.382 e. The molecule has 3 atom stereocenters. The third kappa shape index (κ3) is 18.7. The molecule has 3 aromatic carbocycles. The molecule has 13 nitrogen and oxygen atoms in total. The molecule has 1 fully saturated rings. The van der Waals surface area contributed by atoms with Crippen LogP contribution in [0.2, 0.25) is 0 Å². The summed E-state index contributed by atoms with van der Waals surface area (Å²) in [5.41, 5.74) is 11.0. The maximum atomic E-state index is 13.1. The molecule has 3 unspecified atom stereocenters. The van der Waals surface area contributed by atoms with Crippen LogP contribution in [0.4, 0.5) is 13.2 Å². The van der Waals surface area contributed by atoms with Gasteiger partial charge in [-0.05, 0) is 128 Å². The van der Waals surface area contributed by atoms with E-state index in [1.54, 1.807) is 25.1 Å². The van der Waals surface area contributed by atoms with Gasteiger partial charge in [0.05, 0.1) is 47.3 Å². The van der Waals surface area contributed by atoms with Gasteiger partial charge in [0, 0.05) is 65.7 Å². The Morgan fingerprint density at radius 3 is 1.46 bits per heavy atom. The van der Waals surface area contributed by atoms with Crippen molar-refractivity contribution in [3.05, 3.63) is 215 Å². The number of halogens is 3. The first kappa shape index (κ1) is 64.9. The molecule has 7 heterocycles. The van der Waals surface area contributed by atoms with Gasteiger partial charge in [-0.15, -0.1) is 0 Å². The van der Waals surface area contributed by atoms with Gasteiger partial charge in [0.2, 0.25) is 5.91 Å². The molecule has 16 heteroatoms. The summed E-state index contributed by atoms with van der Waals surface area (Å²) in [4.78, 5) is 48.1. The molecule has 0 bridgehead atoms. The fourth-order valence-electron chi connectivity index (χ4n) is 10.7. The van der Waals surface area contributed by atoms with Gasteiger partial charge < -0.3 is 30.7 Å². The van der Waals surface area contributed by atoms with Crippen molar-refractivity contribution in [3.8, 4) is 33.8 Å². The first-order chi connectivity index (χ1) is 41.3. The topological polar surface area (TPSA) is 186 Å². The van der Waals surface area contributed by atoms with Crippen LogP contribution in [0.15, 0.2) is 146 Å². The van der Waals surface area contributed by atoms with Crippen molar-refractivity contribution in [2.75, 3.05) is 6.54 Å². The molecular formula is C71H86F3N11O2. The van der Waals surface area contributed by atoms with Crippen LogP contribution >= 0.6 is 0 Å². The maximum Gasteiger partial charge on any atom is 0.217 e. The Morgan fingerprint density at radius 2 is 1.01 bits per heavy atom. The second-order valence-corrected chi connectivity index (χ2v) is 26.3.